The predicted octanol–water partition coefficient (Wildman–Crippen LogP) is 2.50. The molecule has 1 heterocycles. The summed E-state index contributed by atoms with van der Waals surface area (Å²) in [5.74, 6) is 0. The zero-order valence-electron chi connectivity index (χ0n) is 14.9. The minimum atomic E-state index is -0.434. The monoisotopic (exact) mass is 347 g/mol. The second-order valence-electron chi connectivity index (χ2n) is 7.00. The summed E-state index contributed by atoms with van der Waals surface area (Å²) in [6, 6.07) is 7.93. The number of carbonyl (C=O) groups is 1. The van der Waals surface area contributed by atoms with Crippen molar-refractivity contribution in [2.75, 3.05) is 31.6 Å². The Bertz CT molecular complexity index is 558. The molecule has 3 rings (SSSR count). The number of rotatable bonds is 4. The number of urea groups is 1. The fraction of sp³-hybridized carbons (Fsp3) is 0.632. The van der Waals surface area contributed by atoms with Crippen molar-refractivity contribution < 1.29 is 14.6 Å². The Labute approximate surface area is 149 Å². The number of carbonyl (C=O) groups excluding carboxylic acids is 1. The number of amides is 2. The van der Waals surface area contributed by atoms with Crippen LogP contribution in [0.5, 0.6) is 0 Å². The number of nitrogens with one attached hydrogen (secondary N) is 2. The van der Waals surface area contributed by atoms with Gasteiger partial charge in [0.05, 0.1) is 25.4 Å². The lowest BCUT2D eigenvalue weighted by molar-refractivity contribution is 0.0198. The van der Waals surface area contributed by atoms with Crippen molar-refractivity contribution in [1.82, 2.24) is 10.2 Å². The first-order valence-electron chi connectivity index (χ1n) is 9.31. The van der Waals surface area contributed by atoms with Gasteiger partial charge in [0.15, 0.2) is 0 Å². The van der Waals surface area contributed by atoms with Crippen molar-refractivity contribution >= 4 is 11.7 Å². The molecule has 0 bridgehead atoms. The summed E-state index contributed by atoms with van der Waals surface area (Å²) < 4.78 is 5.40. The lowest BCUT2D eigenvalue weighted by Crippen LogP contribution is -2.46. The molecule has 2 aliphatic rings. The van der Waals surface area contributed by atoms with Crippen molar-refractivity contribution in [2.24, 2.45) is 0 Å². The van der Waals surface area contributed by atoms with E-state index in [1.807, 2.05) is 12.1 Å². The van der Waals surface area contributed by atoms with Crippen LogP contribution in [-0.4, -0.2) is 54.5 Å². The topological polar surface area (TPSA) is 73.8 Å². The summed E-state index contributed by atoms with van der Waals surface area (Å²) in [5.41, 5.74) is 2.00. The lowest BCUT2D eigenvalue weighted by Gasteiger charge is -2.32. The number of ether oxygens (including phenoxy) is 1. The third-order valence-electron chi connectivity index (χ3n) is 5.29. The first-order chi connectivity index (χ1) is 12.1. The third kappa shape index (κ3) is 4.93. The van der Waals surface area contributed by atoms with E-state index in [9.17, 15) is 9.90 Å². The van der Waals surface area contributed by atoms with Crippen LogP contribution in [0.15, 0.2) is 24.3 Å². The molecular weight excluding hydrogens is 318 g/mol. The number of aliphatic hydroxyl groups excluding tert-OH is 1. The molecule has 1 aliphatic carbocycles. The van der Waals surface area contributed by atoms with Crippen molar-refractivity contribution in [1.29, 1.82) is 0 Å². The molecular formula is C19H29N3O3. The minimum absolute atomic E-state index is 0.144. The molecule has 3 N–H and O–H groups in total. The van der Waals surface area contributed by atoms with Crippen molar-refractivity contribution in [2.45, 2.75) is 50.8 Å². The van der Waals surface area contributed by atoms with E-state index >= 15 is 0 Å². The number of hydrogen-bond acceptors (Lipinski definition) is 4. The molecule has 6 nitrogen and oxygen atoms in total. The highest BCUT2D eigenvalue weighted by Crippen LogP contribution is 2.23. The Morgan fingerprint density at radius 1 is 1.20 bits per heavy atom. The molecule has 2 fully saturated rings. The molecule has 1 saturated heterocycles. The molecule has 1 aliphatic heterocycles. The van der Waals surface area contributed by atoms with Crippen LogP contribution in [0.2, 0.25) is 0 Å². The van der Waals surface area contributed by atoms with Gasteiger partial charge in [-0.15, -0.1) is 0 Å². The highest BCUT2D eigenvalue weighted by atomic mass is 16.5. The van der Waals surface area contributed by atoms with Gasteiger partial charge in [0.2, 0.25) is 0 Å². The van der Waals surface area contributed by atoms with Gasteiger partial charge in [-0.25, -0.2) is 4.79 Å². The van der Waals surface area contributed by atoms with E-state index in [-0.39, 0.29) is 12.1 Å². The predicted molar refractivity (Wildman–Crippen MR) is 97.7 cm³/mol. The fourth-order valence-corrected chi connectivity index (χ4v) is 3.64. The van der Waals surface area contributed by atoms with Crippen LogP contribution >= 0.6 is 0 Å². The van der Waals surface area contributed by atoms with Crippen molar-refractivity contribution in [3.8, 4) is 0 Å². The molecule has 6 heteroatoms. The van der Waals surface area contributed by atoms with E-state index in [1.165, 1.54) is 5.56 Å². The van der Waals surface area contributed by atoms with Gasteiger partial charge >= 0.3 is 6.03 Å². The van der Waals surface area contributed by atoms with Crippen LogP contribution in [0, 0.1) is 0 Å². The lowest BCUT2D eigenvalue weighted by atomic mass is 9.93. The van der Waals surface area contributed by atoms with E-state index in [1.54, 1.807) is 0 Å². The largest absolute Gasteiger partial charge is 0.391 e. The van der Waals surface area contributed by atoms with Crippen LogP contribution in [0.25, 0.3) is 0 Å². The Kier molecular flexibility index (Phi) is 6.29. The number of aliphatic hydroxyl groups is 1. The Morgan fingerprint density at radius 2 is 1.88 bits per heavy atom. The van der Waals surface area contributed by atoms with Gasteiger partial charge < -0.3 is 20.5 Å². The molecule has 0 spiro atoms. The first-order valence-corrected chi connectivity index (χ1v) is 9.31. The summed E-state index contributed by atoms with van der Waals surface area (Å²) in [6.45, 7) is 5.68. The second kappa shape index (κ2) is 8.65. The quantitative estimate of drug-likeness (QED) is 0.782. The van der Waals surface area contributed by atoms with Crippen LogP contribution in [0.4, 0.5) is 10.5 Å². The summed E-state index contributed by atoms with van der Waals surface area (Å²) in [4.78, 5) is 14.5. The molecule has 0 aromatic heterocycles. The fourth-order valence-electron chi connectivity index (χ4n) is 3.64. The van der Waals surface area contributed by atoms with Crippen LogP contribution in [-0.2, 0) is 4.74 Å². The van der Waals surface area contributed by atoms with Crippen LogP contribution in [0.3, 0.4) is 0 Å². The van der Waals surface area contributed by atoms with E-state index in [0.29, 0.717) is 6.04 Å². The maximum atomic E-state index is 12.1. The zero-order chi connectivity index (χ0) is 17.6. The molecule has 3 unspecified atom stereocenters. The van der Waals surface area contributed by atoms with E-state index in [4.69, 9.17) is 4.74 Å². The smallest absolute Gasteiger partial charge is 0.319 e. The molecule has 1 aromatic carbocycles. The van der Waals surface area contributed by atoms with E-state index in [0.717, 1.165) is 57.7 Å². The number of benzene rings is 1. The van der Waals surface area contributed by atoms with E-state index < -0.39 is 6.10 Å². The number of anilines is 1. The van der Waals surface area contributed by atoms with Crippen LogP contribution in [0.1, 0.15) is 44.2 Å². The van der Waals surface area contributed by atoms with Gasteiger partial charge in [-0.1, -0.05) is 25.0 Å². The normalized spacial score (nSPS) is 26.0. The molecule has 1 aromatic rings. The first kappa shape index (κ1) is 18.2. The molecule has 25 heavy (non-hydrogen) atoms. The molecule has 2 amide bonds. The van der Waals surface area contributed by atoms with Gasteiger partial charge in [-0.05, 0) is 37.5 Å². The Hall–Kier alpha value is -1.63. The van der Waals surface area contributed by atoms with E-state index in [2.05, 4.69) is 34.6 Å². The van der Waals surface area contributed by atoms with Gasteiger partial charge in [0, 0.05) is 24.8 Å². The summed E-state index contributed by atoms with van der Waals surface area (Å²) in [5, 5.41) is 15.7. The Balaban J connectivity index is 1.52. The SMILES string of the molecule is CC(c1ccc(NC(=O)NC2CCCCC2O)cc1)N1CCOCC1. The van der Waals surface area contributed by atoms with Gasteiger partial charge in [0.1, 0.15) is 0 Å². The maximum Gasteiger partial charge on any atom is 0.319 e. The number of morpholine rings is 1. The van der Waals surface area contributed by atoms with Crippen molar-refractivity contribution in [3.63, 3.8) is 0 Å². The summed E-state index contributed by atoms with van der Waals surface area (Å²) in [6.07, 6.45) is 3.25. The molecule has 138 valence electrons. The summed E-state index contributed by atoms with van der Waals surface area (Å²) in [7, 11) is 0. The molecule has 0 radical (unpaired) electrons. The summed E-state index contributed by atoms with van der Waals surface area (Å²) >= 11 is 0. The maximum absolute atomic E-state index is 12.1. The second-order valence-corrected chi connectivity index (χ2v) is 7.00. The van der Waals surface area contributed by atoms with Crippen LogP contribution < -0.4 is 10.6 Å². The van der Waals surface area contributed by atoms with Crippen molar-refractivity contribution in [3.05, 3.63) is 29.8 Å². The Morgan fingerprint density at radius 3 is 2.56 bits per heavy atom. The third-order valence-corrected chi connectivity index (χ3v) is 5.29. The average Bonchev–Trinajstić information content (AvgIpc) is 2.64. The highest BCUT2D eigenvalue weighted by Gasteiger charge is 2.24. The average molecular weight is 347 g/mol. The zero-order valence-corrected chi connectivity index (χ0v) is 14.9. The van der Waals surface area contributed by atoms with Gasteiger partial charge in [-0.2, -0.15) is 0 Å². The highest BCUT2D eigenvalue weighted by molar-refractivity contribution is 5.89. The minimum Gasteiger partial charge on any atom is -0.391 e. The van der Waals surface area contributed by atoms with Gasteiger partial charge in [0.25, 0.3) is 0 Å². The molecule has 3 atom stereocenters. The molecule has 1 saturated carbocycles. The standard InChI is InChI=1S/C19H29N3O3/c1-14(22-10-12-25-13-11-22)15-6-8-16(9-7-15)20-19(24)21-17-4-2-3-5-18(17)23/h6-9,14,17-18,23H,2-5,10-13H2,1H3,(H2,20,21,24). The number of hydrogen-bond donors (Lipinski definition) is 3. The number of nitrogens with zero attached hydrogens (tertiary/aromatic N) is 1. The van der Waals surface area contributed by atoms with Gasteiger partial charge in [-0.3, -0.25) is 4.90 Å².